The van der Waals surface area contributed by atoms with Gasteiger partial charge in [0.05, 0.1) is 6.10 Å². The van der Waals surface area contributed by atoms with E-state index >= 15 is 0 Å². The second kappa shape index (κ2) is 6.34. The van der Waals surface area contributed by atoms with E-state index in [2.05, 4.69) is 5.32 Å². The number of aliphatic hydroxyl groups excluding tert-OH is 2. The highest BCUT2D eigenvalue weighted by Crippen LogP contribution is 2.20. The summed E-state index contributed by atoms with van der Waals surface area (Å²) in [5.41, 5.74) is 6.56. The van der Waals surface area contributed by atoms with E-state index in [1.165, 1.54) is 6.92 Å². The van der Waals surface area contributed by atoms with E-state index in [1.807, 2.05) is 0 Å². The molecule has 2 atom stereocenters. The largest absolute Gasteiger partial charge is 0.390 e. The number of hydrogen-bond donors (Lipinski definition) is 4. The molecule has 0 heterocycles. The van der Waals surface area contributed by atoms with Gasteiger partial charge in [-0.15, -0.1) is 0 Å². The summed E-state index contributed by atoms with van der Waals surface area (Å²) < 4.78 is 0. The van der Waals surface area contributed by atoms with Gasteiger partial charge in [-0.05, 0) is 30.7 Å². The zero-order valence-corrected chi connectivity index (χ0v) is 9.76. The Labute approximate surface area is 100 Å². The predicted octanol–water partition coefficient (Wildman–Crippen LogP) is 0.388. The summed E-state index contributed by atoms with van der Waals surface area (Å²) in [4.78, 5) is 10.8. The molecule has 0 aromatic heterocycles. The van der Waals surface area contributed by atoms with Crippen LogP contribution in [-0.2, 0) is 4.79 Å². The molecule has 0 aliphatic rings. The number of nitrogens with one attached hydrogen (secondary N) is 1. The Balaban J connectivity index is 2.69. The standard InChI is InChI=1S/C12H18N2O3/c1-8(15)14-10-4-2-9(3-5-10)12(17)11(16)6-7-13/h2-5,11-12,16-17H,6-7,13H2,1H3,(H,14,15). The lowest BCUT2D eigenvalue weighted by Gasteiger charge is -2.17. The second-order valence-corrected chi connectivity index (χ2v) is 3.89. The van der Waals surface area contributed by atoms with Crippen molar-refractivity contribution in [1.29, 1.82) is 0 Å². The van der Waals surface area contributed by atoms with Crippen molar-refractivity contribution < 1.29 is 15.0 Å². The summed E-state index contributed by atoms with van der Waals surface area (Å²) in [6.45, 7) is 1.75. The number of rotatable bonds is 5. The fourth-order valence-corrected chi connectivity index (χ4v) is 1.52. The quantitative estimate of drug-likeness (QED) is 0.596. The Hall–Kier alpha value is -1.43. The van der Waals surface area contributed by atoms with E-state index in [4.69, 9.17) is 5.73 Å². The Morgan fingerprint density at radius 3 is 2.41 bits per heavy atom. The van der Waals surface area contributed by atoms with Gasteiger partial charge in [-0.2, -0.15) is 0 Å². The third-order valence-electron chi connectivity index (χ3n) is 2.40. The number of carbonyl (C=O) groups excluding carboxylic acids is 1. The molecule has 0 radical (unpaired) electrons. The van der Waals surface area contributed by atoms with E-state index in [-0.39, 0.29) is 5.91 Å². The number of amides is 1. The van der Waals surface area contributed by atoms with E-state index in [0.717, 1.165) is 0 Å². The lowest BCUT2D eigenvalue weighted by atomic mass is 10.0. The Morgan fingerprint density at radius 1 is 1.35 bits per heavy atom. The SMILES string of the molecule is CC(=O)Nc1ccc(C(O)C(O)CCN)cc1. The molecule has 0 saturated heterocycles. The Bertz CT molecular complexity index is 365. The zero-order valence-electron chi connectivity index (χ0n) is 9.76. The van der Waals surface area contributed by atoms with Gasteiger partial charge in [0, 0.05) is 12.6 Å². The molecule has 5 nitrogen and oxygen atoms in total. The molecule has 0 bridgehead atoms. The summed E-state index contributed by atoms with van der Waals surface area (Å²) in [5.74, 6) is -0.151. The lowest BCUT2D eigenvalue weighted by molar-refractivity contribution is -0.114. The highest BCUT2D eigenvalue weighted by atomic mass is 16.3. The van der Waals surface area contributed by atoms with Crippen molar-refractivity contribution in [3.63, 3.8) is 0 Å². The molecular weight excluding hydrogens is 220 g/mol. The first-order chi connectivity index (χ1) is 8.04. The third kappa shape index (κ3) is 4.14. The smallest absolute Gasteiger partial charge is 0.221 e. The Kier molecular flexibility index (Phi) is 5.09. The number of carbonyl (C=O) groups is 1. The maximum Gasteiger partial charge on any atom is 0.221 e. The Morgan fingerprint density at radius 2 is 1.94 bits per heavy atom. The van der Waals surface area contributed by atoms with Crippen molar-refractivity contribution in [2.24, 2.45) is 5.73 Å². The molecule has 0 aliphatic heterocycles. The average molecular weight is 238 g/mol. The average Bonchev–Trinajstić information content (AvgIpc) is 2.28. The summed E-state index contributed by atoms with van der Waals surface area (Å²) in [7, 11) is 0. The van der Waals surface area contributed by atoms with Gasteiger partial charge in [0.25, 0.3) is 0 Å². The summed E-state index contributed by atoms with van der Waals surface area (Å²) >= 11 is 0. The van der Waals surface area contributed by atoms with Crippen LogP contribution in [0.3, 0.4) is 0 Å². The molecular formula is C12H18N2O3. The minimum absolute atomic E-state index is 0.151. The fraction of sp³-hybridized carbons (Fsp3) is 0.417. The van der Waals surface area contributed by atoms with Crippen molar-refractivity contribution in [3.8, 4) is 0 Å². The predicted molar refractivity (Wildman–Crippen MR) is 65.4 cm³/mol. The minimum Gasteiger partial charge on any atom is -0.390 e. The first-order valence-electron chi connectivity index (χ1n) is 5.48. The molecule has 17 heavy (non-hydrogen) atoms. The fourth-order valence-electron chi connectivity index (χ4n) is 1.52. The van der Waals surface area contributed by atoms with Gasteiger partial charge < -0.3 is 21.3 Å². The van der Waals surface area contributed by atoms with Crippen LogP contribution >= 0.6 is 0 Å². The minimum atomic E-state index is -0.954. The van der Waals surface area contributed by atoms with Crippen molar-refractivity contribution in [2.45, 2.75) is 25.6 Å². The molecule has 1 rings (SSSR count). The van der Waals surface area contributed by atoms with Crippen LogP contribution in [0.5, 0.6) is 0 Å². The molecule has 0 saturated carbocycles. The monoisotopic (exact) mass is 238 g/mol. The van der Waals surface area contributed by atoms with E-state index in [9.17, 15) is 15.0 Å². The first-order valence-corrected chi connectivity index (χ1v) is 5.48. The van der Waals surface area contributed by atoms with Crippen LogP contribution in [0, 0.1) is 0 Å². The van der Waals surface area contributed by atoms with E-state index in [0.29, 0.717) is 24.2 Å². The van der Waals surface area contributed by atoms with Crippen molar-refractivity contribution >= 4 is 11.6 Å². The third-order valence-corrected chi connectivity index (χ3v) is 2.40. The number of benzene rings is 1. The maximum atomic E-state index is 10.8. The van der Waals surface area contributed by atoms with Crippen LogP contribution < -0.4 is 11.1 Å². The van der Waals surface area contributed by atoms with Crippen LogP contribution in [0.25, 0.3) is 0 Å². The number of hydrogen-bond acceptors (Lipinski definition) is 4. The molecule has 5 N–H and O–H groups in total. The van der Waals surface area contributed by atoms with Crippen molar-refractivity contribution in [1.82, 2.24) is 0 Å². The van der Waals surface area contributed by atoms with Gasteiger partial charge in [-0.25, -0.2) is 0 Å². The summed E-state index contributed by atoms with van der Waals surface area (Å²) in [5, 5.41) is 22.0. The molecule has 1 aromatic rings. The first kappa shape index (κ1) is 13.6. The second-order valence-electron chi connectivity index (χ2n) is 3.89. The van der Waals surface area contributed by atoms with Crippen LogP contribution in [0.15, 0.2) is 24.3 Å². The summed E-state index contributed by atoms with van der Waals surface area (Å²) in [6, 6.07) is 6.68. The van der Waals surface area contributed by atoms with Crippen LogP contribution in [0.2, 0.25) is 0 Å². The van der Waals surface area contributed by atoms with E-state index < -0.39 is 12.2 Å². The molecule has 94 valence electrons. The summed E-state index contributed by atoms with van der Waals surface area (Å²) in [6.07, 6.45) is -1.48. The highest BCUT2D eigenvalue weighted by Gasteiger charge is 2.17. The highest BCUT2D eigenvalue weighted by molar-refractivity contribution is 5.88. The molecule has 0 fully saturated rings. The molecule has 5 heteroatoms. The van der Waals surface area contributed by atoms with Gasteiger partial charge in [0.2, 0.25) is 5.91 Å². The lowest BCUT2D eigenvalue weighted by Crippen LogP contribution is -2.21. The van der Waals surface area contributed by atoms with Crippen LogP contribution in [0.1, 0.15) is 25.0 Å². The number of anilines is 1. The normalized spacial score (nSPS) is 14.1. The van der Waals surface area contributed by atoms with Gasteiger partial charge in [-0.3, -0.25) is 4.79 Å². The number of aliphatic hydroxyl groups is 2. The zero-order chi connectivity index (χ0) is 12.8. The van der Waals surface area contributed by atoms with Crippen molar-refractivity contribution in [2.75, 3.05) is 11.9 Å². The molecule has 2 unspecified atom stereocenters. The van der Waals surface area contributed by atoms with E-state index in [1.54, 1.807) is 24.3 Å². The van der Waals surface area contributed by atoms with Crippen molar-refractivity contribution in [3.05, 3.63) is 29.8 Å². The van der Waals surface area contributed by atoms with Gasteiger partial charge in [0.1, 0.15) is 6.10 Å². The van der Waals surface area contributed by atoms with Gasteiger partial charge in [-0.1, -0.05) is 12.1 Å². The molecule has 0 spiro atoms. The maximum absolute atomic E-state index is 10.8. The van der Waals surface area contributed by atoms with Gasteiger partial charge >= 0.3 is 0 Å². The molecule has 1 aromatic carbocycles. The topological polar surface area (TPSA) is 95.6 Å². The van der Waals surface area contributed by atoms with Crippen LogP contribution in [-0.4, -0.2) is 28.8 Å². The molecule has 0 aliphatic carbocycles. The van der Waals surface area contributed by atoms with Gasteiger partial charge in [0.15, 0.2) is 0 Å². The number of nitrogens with two attached hydrogens (primary N) is 1. The van der Waals surface area contributed by atoms with Crippen LogP contribution in [0.4, 0.5) is 5.69 Å². The molecule has 1 amide bonds.